The minimum atomic E-state index is -0.240. The maximum atomic E-state index is 13.2. The van der Waals surface area contributed by atoms with Gasteiger partial charge in [-0.1, -0.05) is 34.1 Å². The Hall–Kier alpha value is -0.860. The van der Waals surface area contributed by atoms with Crippen LogP contribution in [0.25, 0.3) is 0 Å². The van der Waals surface area contributed by atoms with Gasteiger partial charge in [0.1, 0.15) is 5.82 Å². The van der Waals surface area contributed by atoms with Gasteiger partial charge in [0.05, 0.1) is 5.38 Å². The van der Waals surface area contributed by atoms with Gasteiger partial charge in [0, 0.05) is 4.47 Å². The Morgan fingerprint density at radius 1 is 1.22 bits per heavy atom. The summed E-state index contributed by atoms with van der Waals surface area (Å²) in [6.07, 6.45) is 0.686. The second-order valence-corrected chi connectivity index (χ2v) is 5.74. The van der Waals surface area contributed by atoms with Gasteiger partial charge in [-0.3, -0.25) is 0 Å². The van der Waals surface area contributed by atoms with Gasteiger partial charge in [-0.05, 0) is 54.3 Å². The second kappa shape index (κ2) is 5.85. The molecule has 0 heterocycles. The summed E-state index contributed by atoms with van der Waals surface area (Å²) in [7, 11) is 0. The summed E-state index contributed by atoms with van der Waals surface area (Å²) in [6.45, 7) is 1.95. The summed E-state index contributed by atoms with van der Waals surface area (Å²) >= 11 is 9.82. The molecule has 0 N–H and O–H groups in total. The first-order valence-electron chi connectivity index (χ1n) is 5.71. The Balaban J connectivity index is 2.21. The van der Waals surface area contributed by atoms with Gasteiger partial charge in [-0.2, -0.15) is 0 Å². The number of rotatable bonds is 3. The molecular formula is C15H13BrClF. The van der Waals surface area contributed by atoms with Crippen molar-refractivity contribution in [2.75, 3.05) is 0 Å². The Morgan fingerprint density at radius 3 is 2.72 bits per heavy atom. The highest BCUT2D eigenvalue weighted by Crippen LogP contribution is 2.29. The molecule has 0 amide bonds. The fourth-order valence-electron chi connectivity index (χ4n) is 1.93. The van der Waals surface area contributed by atoms with E-state index in [1.54, 1.807) is 6.07 Å². The molecule has 1 atom stereocenters. The number of alkyl halides is 1. The third-order valence-corrected chi connectivity index (χ3v) is 3.77. The van der Waals surface area contributed by atoms with Crippen LogP contribution in [0.15, 0.2) is 46.9 Å². The van der Waals surface area contributed by atoms with Gasteiger partial charge >= 0.3 is 0 Å². The largest absolute Gasteiger partial charge is 0.207 e. The zero-order chi connectivity index (χ0) is 13.1. The van der Waals surface area contributed by atoms with Crippen LogP contribution in [0.2, 0.25) is 0 Å². The molecule has 0 bridgehead atoms. The lowest BCUT2D eigenvalue weighted by atomic mass is 10.00. The molecule has 0 saturated carbocycles. The molecule has 0 saturated heterocycles. The van der Waals surface area contributed by atoms with Gasteiger partial charge in [0.25, 0.3) is 0 Å². The lowest BCUT2D eigenvalue weighted by molar-refractivity contribution is 0.624. The maximum Gasteiger partial charge on any atom is 0.123 e. The molecule has 1 unspecified atom stereocenters. The highest BCUT2D eigenvalue weighted by Gasteiger charge is 2.12. The van der Waals surface area contributed by atoms with Crippen molar-refractivity contribution in [3.63, 3.8) is 0 Å². The monoisotopic (exact) mass is 326 g/mol. The summed E-state index contributed by atoms with van der Waals surface area (Å²) in [5.41, 5.74) is 3.01. The molecular weight excluding hydrogens is 315 g/mol. The molecule has 2 rings (SSSR count). The molecule has 18 heavy (non-hydrogen) atoms. The predicted molar refractivity (Wildman–Crippen MR) is 77.6 cm³/mol. The van der Waals surface area contributed by atoms with E-state index in [1.165, 1.54) is 12.1 Å². The van der Waals surface area contributed by atoms with Crippen molar-refractivity contribution in [2.24, 2.45) is 0 Å². The number of hydrogen-bond donors (Lipinski definition) is 0. The molecule has 0 aliphatic rings. The van der Waals surface area contributed by atoms with Crippen molar-refractivity contribution in [3.8, 4) is 0 Å². The van der Waals surface area contributed by atoms with E-state index in [-0.39, 0.29) is 11.2 Å². The molecule has 0 aliphatic heterocycles. The smallest absolute Gasteiger partial charge is 0.123 e. The molecule has 94 valence electrons. The minimum absolute atomic E-state index is 0.213. The quantitative estimate of drug-likeness (QED) is 0.660. The van der Waals surface area contributed by atoms with Gasteiger partial charge in [-0.15, -0.1) is 11.6 Å². The summed E-state index contributed by atoms with van der Waals surface area (Å²) < 4.78 is 14.3. The SMILES string of the molecule is Cc1ccc(F)cc1C(Cl)Cc1cccc(Br)c1. The van der Waals surface area contributed by atoms with Crippen LogP contribution in [0.3, 0.4) is 0 Å². The normalized spacial score (nSPS) is 12.4. The third kappa shape index (κ3) is 3.33. The minimum Gasteiger partial charge on any atom is -0.207 e. The van der Waals surface area contributed by atoms with Crippen LogP contribution in [-0.2, 0) is 6.42 Å². The molecule has 3 heteroatoms. The standard InChI is InChI=1S/C15H13BrClF/c1-10-5-6-13(18)9-14(10)15(17)8-11-3-2-4-12(16)7-11/h2-7,9,15H,8H2,1H3. The van der Waals surface area contributed by atoms with Crippen LogP contribution >= 0.6 is 27.5 Å². The van der Waals surface area contributed by atoms with Gasteiger partial charge < -0.3 is 0 Å². The summed E-state index contributed by atoms with van der Waals surface area (Å²) in [4.78, 5) is 0. The summed E-state index contributed by atoms with van der Waals surface area (Å²) in [5, 5.41) is -0.213. The fourth-order valence-corrected chi connectivity index (χ4v) is 2.79. The lowest BCUT2D eigenvalue weighted by Gasteiger charge is -2.13. The summed E-state index contributed by atoms with van der Waals surface area (Å²) in [5.74, 6) is -0.240. The highest BCUT2D eigenvalue weighted by molar-refractivity contribution is 9.10. The van der Waals surface area contributed by atoms with E-state index in [0.717, 1.165) is 21.2 Å². The topological polar surface area (TPSA) is 0 Å². The molecule has 0 nitrogen and oxygen atoms in total. The molecule has 0 aromatic heterocycles. The zero-order valence-corrected chi connectivity index (χ0v) is 12.3. The van der Waals surface area contributed by atoms with Crippen LogP contribution in [0.4, 0.5) is 4.39 Å². The number of aryl methyl sites for hydroxylation is 1. The summed E-state index contributed by atoms with van der Waals surface area (Å²) in [6, 6.07) is 12.7. The average molecular weight is 328 g/mol. The Kier molecular flexibility index (Phi) is 4.41. The Morgan fingerprint density at radius 2 is 2.00 bits per heavy atom. The third-order valence-electron chi connectivity index (χ3n) is 2.88. The van der Waals surface area contributed by atoms with Crippen molar-refractivity contribution >= 4 is 27.5 Å². The highest BCUT2D eigenvalue weighted by atomic mass is 79.9. The van der Waals surface area contributed by atoms with Crippen molar-refractivity contribution in [3.05, 3.63) is 69.4 Å². The fraction of sp³-hybridized carbons (Fsp3) is 0.200. The molecule has 2 aromatic rings. The second-order valence-electron chi connectivity index (χ2n) is 4.30. The number of benzene rings is 2. The van der Waals surface area contributed by atoms with Crippen LogP contribution in [-0.4, -0.2) is 0 Å². The van der Waals surface area contributed by atoms with Gasteiger partial charge in [0.2, 0.25) is 0 Å². The lowest BCUT2D eigenvalue weighted by Crippen LogP contribution is -1.99. The molecule has 0 spiro atoms. The van der Waals surface area contributed by atoms with E-state index in [9.17, 15) is 4.39 Å². The Labute approximate surface area is 120 Å². The average Bonchev–Trinajstić information content (AvgIpc) is 2.32. The van der Waals surface area contributed by atoms with Gasteiger partial charge in [0.15, 0.2) is 0 Å². The van der Waals surface area contributed by atoms with Crippen LogP contribution in [0.1, 0.15) is 22.1 Å². The first kappa shape index (κ1) is 13.6. The number of hydrogen-bond acceptors (Lipinski definition) is 0. The van der Waals surface area contributed by atoms with Crippen LogP contribution in [0, 0.1) is 12.7 Å². The molecule has 0 fully saturated rings. The first-order chi connectivity index (χ1) is 8.56. The van der Waals surface area contributed by atoms with Crippen molar-refractivity contribution in [2.45, 2.75) is 18.7 Å². The molecule has 0 aliphatic carbocycles. The Bertz CT molecular complexity index is 554. The molecule has 0 radical (unpaired) electrons. The first-order valence-corrected chi connectivity index (χ1v) is 6.94. The van der Waals surface area contributed by atoms with Crippen LogP contribution < -0.4 is 0 Å². The van der Waals surface area contributed by atoms with E-state index in [1.807, 2.05) is 31.2 Å². The predicted octanol–water partition coefficient (Wildman–Crippen LogP) is 5.42. The van der Waals surface area contributed by atoms with Crippen molar-refractivity contribution in [1.82, 2.24) is 0 Å². The maximum absolute atomic E-state index is 13.2. The van der Waals surface area contributed by atoms with Crippen molar-refractivity contribution < 1.29 is 4.39 Å². The molecule has 2 aromatic carbocycles. The van der Waals surface area contributed by atoms with Gasteiger partial charge in [-0.25, -0.2) is 4.39 Å². The van der Waals surface area contributed by atoms with Crippen LogP contribution in [0.5, 0.6) is 0 Å². The van der Waals surface area contributed by atoms with Crippen molar-refractivity contribution in [1.29, 1.82) is 0 Å². The van der Waals surface area contributed by atoms with E-state index in [0.29, 0.717) is 6.42 Å². The van der Waals surface area contributed by atoms with E-state index in [4.69, 9.17) is 11.6 Å². The zero-order valence-electron chi connectivity index (χ0n) is 9.96. The van der Waals surface area contributed by atoms with E-state index >= 15 is 0 Å². The number of halogens is 3. The van der Waals surface area contributed by atoms with E-state index < -0.39 is 0 Å². The van der Waals surface area contributed by atoms with E-state index in [2.05, 4.69) is 15.9 Å².